The molecule has 0 fully saturated rings. The van der Waals surface area contributed by atoms with Gasteiger partial charge in [-0.1, -0.05) is 6.07 Å². The van der Waals surface area contributed by atoms with E-state index in [0.29, 0.717) is 11.5 Å². The fraction of sp³-hybridized carbons (Fsp3) is 0.267. The van der Waals surface area contributed by atoms with Crippen molar-refractivity contribution in [1.29, 1.82) is 0 Å². The number of hydrogen-bond acceptors (Lipinski definition) is 4. The van der Waals surface area contributed by atoms with E-state index in [1.807, 2.05) is 0 Å². The Morgan fingerprint density at radius 2 is 1.90 bits per heavy atom. The van der Waals surface area contributed by atoms with Crippen molar-refractivity contribution in [3.8, 4) is 11.5 Å². The highest BCUT2D eigenvalue weighted by atomic mass is 15.1. The number of anilines is 1. The van der Waals surface area contributed by atoms with Crippen LogP contribution in [0.5, 0.6) is 0 Å². The van der Waals surface area contributed by atoms with Crippen molar-refractivity contribution >= 4 is 16.9 Å². The first-order valence-electron chi connectivity index (χ1n) is 6.63. The van der Waals surface area contributed by atoms with E-state index in [0.717, 1.165) is 16.9 Å². The standard InChI is InChI=1S/C15H17N5/c1-9(2)20-12-5-4-10(3)8-11(12)19-15(20)13-14(16)18-7-6-17-13/h4-9H,1-3H3,(H2,16,18). The van der Waals surface area contributed by atoms with Gasteiger partial charge in [-0.2, -0.15) is 0 Å². The summed E-state index contributed by atoms with van der Waals surface area (Å²) in [6.45, 7) is 6.30. The molecule has 0 aliphatic carbocycles. The highest BCUT2D eigenvalue weighted by Crippen LogP contribution is 2.29. The van der Waals surface area contributed by atoms with Crippen molar-refractivity contribution < 1.29 is 0 Å². The molecule has 3 rings (SSSR count). The summed E-state index contributed by atoms with van der Waals surface area (Å²) < 4.78 is 2.15. The maximum atomic E-state index is 5.95. The minimum atomic E-state index is 0.263. The van der Waals surface area contributed by atoms with E-state index >= 15 is 0 Å². The molecule has 0 spiro atoms. The Kier molecular flexibility index (Phi) is 2.89. The molecule has 0 bridgehead atoms. The lowest BCUT2D eigenvalue weighted by molar-refractivity contribution is 0.623. The van der Waals surface area contributed by atoms with Crippen LogP contribution in [0.25, 0.3) is 22.6 Å². The maximum Gasteiger partial charge on any atom is 0.163 e. The van der Waals surface area contributed by atoms with Crippen LogP contribution in [-0.2, 0) is 0 Å². The second kappa shape index (κ2) is 4.59. The number of fused-ring (bicyclic) bond motifs is 1. The van der Waals surface area contributed by atoms with Crippen LogP contribution in [0.15, 0.2) is 30.6 Å². The van der Waals surface area contributed by atoms with Crippen LogP contribution in [-0.4, -0.2) is 19.5 Å². The van der Waals surface area contributed by atoms with Gasteiger partial charge >= 0.3 is 0 Å². The maximum absolute atomic E-state index is 5.95. The summed E-state index contributed by atoms with van der Waals surface area (Å²) in [6.07, 6.45) is 3.23. The zero-order chi connectivity index (χ0) is 14.3. The fourth-order valence-electron chi connectivity index (χ4n) is 2.42. The molecule has 0 saturated heterocycles. The Morgan fingerprint density at radius 1 is 1.15 bits per heavy atom. The largest absolute Gasteiger partial charge is 0.382 e. The predicted octanol–water partition coefficient (Wildman–Crippen LogP) is 2.96. The topological polar surface area (TPSA) is 69.6 Å². The van der Waals surface area contributed by atoms with E-state index in [9.17, 15) is 0 Å². The number of rotatable bonds is 2. The van der Waals surface area contributed by atoms with Gasteiger partial charge in [0.2, 0.25) is 0 Å². The normalized spacial score (nSPS) is 11.4. The highest BCUT2D eigenvalue weighted by molar-refractivity contribution is 5.82. The molecule has 0 radical (unpaired) electrons. The quantitative estimate of drug-likeness (QED) is 0.775. The van der Waals surface area contributed by atoms with Gasteiger partial charge in [0.15, 0.2) is 11.6 Å². The molecule has 0 unspecified atom stereocenters. The summed E-state index contributed by atoms with van der Waals surface area (Å²) in [5.41, 5.74) is 9.81. The van der Waals surface area contributed by atoms with Crippen molar-refractivity contribution in [3.05, 3.63) is 36.2 Å². The summed E-state index contributed by atoms with van der Waals surface area (Å²) in [7, 11) is 0. The van der Waals surface area contributed by atoms with Crippen molar-refractivity contribution in [1.82, 2.24) is 19.5 Å². The molecule has 5 heteroatoms. The molecule has 0 saturated carbocycles. The van der Waals surface area contributed by atoms with Crippen molar-refractivity contribution in [2.75, 3.05) is 5.73 Å². The van der Waals surface area contributed by atoms with Gasteiger partial charge in [-0.05, 0) is 38.5 Å². The second-order valence-corrected chi connectivity index (χ2v) is 5.18. The lowest BCUT2D eigenvalue weighted by Crippen LogP contribution is -2.06. The van der Waals surface area contributed by atoms with Crippen LogP contribution in [0.2, 0.25) is 0 Å². The van der Waals surface area contributed by atoms with E-state index in [1.165, 1.54) is 5.56 Å². The number of nitrogen functional groups attached to an aromatic ring is 1. The van der Waals surface area contributed by atoms with Crippen molar-refractivity contribution in [2.45, 2.75) is 26.8 Å². The van der Waals surface area contributed by atoms with Gasteiger partial charge in [-0.25, -0.2) is 15.0 Å². The fourth-order valence-corrected chi connectivity index (χ4v) is 2.42. The van der Waals surface area contributed by atoms with E-state index in [2.05, 4.69) is 53.5 Å². The van der Waals surface area contributed by atoms with E-state index in [4.69, 9.17) is 10.7 Å². The summed E-state index contributed by atoms with van der Waals surface area (Å²) in [4.78, 5) is 13.2. The smallest absolute Gasteiger partial charge is 0.163 e. The molecular formula is C15H17N5. The Morgan fingerprint density at radius 3 is 2.60 bits per heavy atom. The summed E-state index contributed by atoms with van der Waals surface area (Å²) in [5.74, 6) is 1.17. The van der Waals surface area contributed by atoms with Crippen molar-refractivity contribution in [3.63, 3.8) is 0 Å². The Hall–Kier alpha value is -2.43. The van der Waals surface area contributed by atoms with Crippen LogP contribution in [0.1, 0.15) is 25.5 Å². The molecule has 3 aromatic rings. The first-order valence-corrected chi connectivity index (χ1v) is 6.63. The number of benzene rings is 1. The van der Waals surface area contributed by atoms with E-state index in [1.54, 1.807) is 12.4 Å². The van der Waals surface area contributed by atoms with Gasteiger partial charge in [0, 0.05) is 18.4 Å². The monoisotopic (exact) mass is 267 g/mol. The molecule has 5 nitrogen and oxygen atoms in total. The van der Waals surface area contributed by atoms with E-state index < -0.39 is 0 Å². The van der Waals surface area contributed by atoms with Gasteiger partial charge < -0.3 is 10.3 Å². The van der Waals surface area contributed by atoms with Crippen LogP contribution >= 0.6 is 0 Å². The van der Waals surface area contributed by atoms with Gasteiger partial charge in [0.25, 0.3) is 0 Å². The number of nitrogens with zero attached hydrogens (tertiary/aromatic N) is 4. The third-order valence-electron chi connectivity index (χ3n) is 3.30. The van der Waals surface area contributed by atoms with Gasteiger partial charge in [-0.15, -0.1) is 0 Å². The molecule has 0 aliphatic rings. The van der Waals surface area contributed by atoms with Gasteiger partial charge in [0.1, 0.15) is 5.69 Å². The van der Waals surface area contributed by atoms with Crippen LogP contribution in [0, 0.1) is 6.92 Å². The molecule has 2 aromatic heterocycles. The molecule has 0 aliphatic heterocycles. The van der Waals surface area contributed by atoms with Crippen LogP contribution < -0.4 is 5.73 Å². The van der Waals surface area contributed by atoms with Gasteiger partial charge in [0.05, 0.1) is 11.0 Å². The number of nitrogens with two attached hydrogens (primary N) is 1. The summed E-state index contributed by atoms with van der Waals surface area (Å²) >= 11 is 0. The summed E-state index contributed by atoms with van der Waals surface area (Å²) in [5, 5.41) is 0. The number of aryl methyl sites for hydroxylation is 1. The van der Waals surface area contributed by atoms with E-state index in [-0.39, 0.29) is 6.04 Å². The lowest BCUT2D eigenvalue weighted by atomic mass is 10.2. The molecule has 2 heterocycles. The first-order chi connectivity index (χ1) is 9.58. The average Bonchev–Trinajstić information content (AvgIpc) is 2.77. The minimum absolute atomic E-state index is 0.263. The van der Waals surface area contributed by atoms with Crippen LogP contribution in [0.3, 0.4) is 0 Å². The number of imidazole rings is 1. The van der Waals surface area contributed by atoms with Crippen molar-refractivity contribution in [2.24, 2.45) is 0 Å². The number of aromatic nitrogens is 4. The molecule has 20 heavy (non-hydrogen) atoms. The summed E-state index contributed by atoms with van der Waals surface area (Å²) in [6, 6.07) is 6.52. The zero-order valence-corrected chi connectivity index (χ0v) is 11.8. The Labute approximate surface area is 117 Å². The SMILES string of the molecule is Cc1ccc2c(c1)nc(-c1nccnc1N)n2C(C)C. The highest BCUT2D eigenvalue weighted by Gasteiger charge is 2.18. The molecule has 2 N–H and O–H groups in total. The predicted molar refractivity (Wildman–Crippen MR) is 80.3 cm³/mol. The molecular weight excluding hydrogens is 250 g/mol. The van der Waals surface area contributed by atoms with Gasteiger partial charge in [-0.3, -0.25) is 0 Å². The average molecular weight is 267 g/mol. The number of hydrogen-bond donors (Lipinski definition) is 1. The zero-order valence-electron chi connectivity index (χ0n) is 11.8. The Balaban J connectivity index is 2.35. The molecule has 102 valence electrons. The minimum Gasteiger partial charge on any atom is -0.382 e. The Bertz CT molecular complexity index is 773. The third kappa shape index (κ3) is 1.91. The lowest BCUT2D eigenvalue weighted by Gasteiger charge is -2.13. The second-order valence-electron chi connectivity index (χ2n) is 5.18. The first kappa shape index (κ1) is 12.6. The molecule has 0 atom stereocenters. The third-order valence-corrected chi connectivity index (χ3v) is 3.30. The molecule has 1 aromatic carbocycles. The molecule has 0 amide bonds. The van der Waals surface area contributed by atoms with Crippen LogP contribution in [0.4, 0.5) is 5.82 Å².